The predicted octanol–water partition coefficient (Wildman–Crippen LogP) is 0.941. The summed E-state index contributed by atoms with van der Waals surface area (Å²) in [7, 11) is 0. The Labute approximate surface area is 85.2 Å². The number of ether oxygens (including phenoxy) is 1. The second kappa shape index (κ2) is 5.66. The molecule has 0 saturated heterocycles. The molecule has 1 fully saturated rings. The lowest BCUT2D eigenvalue weighted by molar-refractivity contribution is -0.148. The fraction of sp³-hybridized carbons (Fsp3) is 0.727. The molecule has 1 atom stereocenters. The Balaban J connectivity index is 2.43. The third-order valence-electron chi connectivity index (χ3n) is 2.59. The summed E-state index contributed by atoms with van der Waals surface area (Å²) in [4.78, 5) is 11.5. The van der Waals surface area contributed by atoms with E-state index in [0.29, 0.717) is 19.1 Å². The van der Waals surface area contributed by atoms with Gasteiger partial charge in [-0.3, -0.25) is 10.1 Å². The van der Waals surface area contributed by atoms with Crippen LogP contribution in [0.15, 0.2) is 0 Å². The molecule has 0 aromatic rings. The maximum atomic E-state index is 11.5. The monoisotopic (exact) mass is 195 g/mol. The Kier molecular flexibility index (Phi) is 4.48. The Hall–Kier alpha value is -1.01. The Morgan fingerprint density at radius 3 is 2.86 bits per heavy atom. The minimum absolute atomic E-state index is 0.160. The third kappa shape index (κ3) is 2.74. The molecule has 0 aromatic carbocycles. The molecule has 78 valence electrons. The van der Waals surface area contributed by atoms with E-state index in [1.165, 1.54) is 6.42 Å². The highest BCUT2D eigenvalue weighted by atomic mass is 16.5. The van der Waals surface area contributed by atoms with Gasteiger partial charge >= 0.3 is 5.97 Å². The van der Waals surface area contributed by atoms with Crippen molar-refractivity contribution in [3.05, 3.63) is 0 Å². The number of nitrogens with one attached hydrogen (secondary N) is 1. The average molecular weight is 195 g/mol. The zero-order chi connectivity index (χ0) is 10.4. The molecule has 0 bridgehead atoms. The van der Waals surface area contributed by atoms with Crippen LogP contribution in [0, 0.1) is 18.3 Å². The first-order chi connectivity index (χ1) is 6.79. The van der Waals surface area contributed by atoms with Crippen LogP contribution >= 0.6 is 0 Å². The minimum atomic E-state index is -0.195. The van der Waals surface area contributed by atoms with Gasteiger partial charge in [0.1, 0.15) is 6.04 Å². The van der Waals surface area contributed by atoms with Gasteiger partial charge in [-0.2, -0.15) is 0 Å². The van der Waals surface area contributed by atoms with Gasteiger partial charge < -0.3 is 4.74 Å². The number of terminal acetylenes is 1. The molecular formula is C11H17NO2. The topological polar surface area (TPSA) is 38.3 Å². The normalized spacial score (nSPS) is 18.0. The highest BCUT2D eigenvalue weighted by Crippen LogP contribution is 2.30. The number of carbonyl (C=O) groups is 1. The quantitative estimate of drug-likeness (QED) is 0.524. The van der Waals surface area contributed by atoms with Crippen molar-refractivity contribution in [1.29, 1.82) is 0 Å². The summed E-state index contributed by atoms with van der Waals surface area (Å²) in [5.74, 6) is 2.74. The zero-order valence-electron chi connectivity index (χ0n) is 8.58. The molecule has 1 unspecified atom stereocenters. The summed E-state index contributed by atoms with van der Waals surface area (Å²) < 4.78 is 4.99. The molecule has 0 radical (unpaired) electrons. The number of hydrogen-bond donors (Lipinski definition) is 1. The summed E-state index contributed by atoms with van der Waals surface area (Å²) >= 11 is 0. The molecular weight excluding hydrogens is 178 g/mol. The van der Waals surface area contributed by atoms with Crippen LogP contribution in [-0.2, 0) is 9.53 Å². The van der Waals surface area contributed by atoms with Crippen LogP contribution in [0.25, 0.3) is 0 Å². The lowest BCUT2D eigenvalue weighted by Gasteiger charge is -2.32. The standard InChI is InChI=1S/C11H17NO2/c1-3-8-12-10(9-6-5-7-9)11(13)14-4-2/h1,9-10,12H,4-8H2,2H3. The number of carbonyl (C=O) groups excluding carboxylic acids is 1. The zero-order valence-corrected chi connectivity index (χ0v) is 8.58. The number of rotatable bonds is 5. The van der Waals surface area contributed by atoms with E-state index in [4.69, 9.17) is 11.2 Å². The maximum Gasteiger partial charge on any atom is 0.323 e. The van der Waals surface area contributed by atoms with Gasteiger partial charge in [0.25, 0.3) is 0 Å². The van der Waals surface area contributed by atoms with E-state index < -0.39 is 0 Å². The molecule has 1 N–H and O–H groups in total. The molecule has 1 aliphatic rings. The van der Waals surface area contributed by atoms with Gasteiger partial charge in [0.2, 0.25) is 0 Å². The molecule has 0 heterocycles. The van der Waals surface area contributed by atoms with Crippen LogP contribution in [0.3, 0.4) is 0 Å². The predicted molar refractivity (Wildman–Crippen MR) is 54.6 cm³/mol. The first-order valence-corrected chi connectivity index (χ1v) is 5.13. The van der Waals surface area contributed by atoms with Crippen molar-refractivity contribution in [2.45, 2.75) is 32.2 Å². The van der Waals surface area contributed by atoms with Crippen LogP contribution < -0.4 is 5.32 Å². The van der Waals surface area contributed by atoms with E-state index in [0.717, 1.165) is 12.8 Å². The van der Waals surface area contributed by atoms with Crippen molar-refractivity contribution in [2.24, 2.45) is 5.92 Å². The number of esters is 1. The summed E-state index contributed by atoms with van der Waals surface area (Å²) in [5, 5.41) is 3.05. The van der Waals surface area contributed by atoms with Crippen LogP contribution in [-0.4, -0.2) is 25.2 Å². The Morgan fingerprint density at radius 2 is 2.43 bits per heavy atom. The molecule has 1 rings (SSSR count). The largest absolute Gasteiger partial charge is 0.465 e. The van der Waals surface area contributed by atoms with Crippen molar-refractivity contribution in [2.75, 3.05) is 13.2 Å². The van der Waals surface area contributed by atoms with Crippen molar-refractivity contribution in [1.82, 2.24) is 5.32 Å². The van der Waals surface area contributed by atoms with Gasteiger partial charge in [-0.25, -0.2) is 0 Å². The first-order valence-electron chi connectivity index (χ1n) is 5.13. The lowest BCUT2D eigenvalue weighted by atomic mass is 9.79. The molecule has 0 amide bonds. The van der Waals surface area contributed by atoms with Gasteiger partial charge in [0.15, 0.2) is 0 Å². The summed E-state index contributed by atoms with van der Waals surface area (Å²) in [5.41, 5.74) is 0. The Bertz CT molecular complexity index is 228. The highest BCUT2D eigenvalue weighted by molar-refractivity contribution is 5.76. The van der Waals surface area contributed by atoms with E-state index >= 15 is 0 Å². The van der Waals surface area contributed by atoms with Crippen molar-refractivity contribution in [3.63, 3.8) is 0 Å². The molecule has 1 aliphatic carbocycles. The van der Waals surface area contributed by atoms with Gasteiger partial charge in [0, 0.05) is 0 Å². The number of hydrogen-bond acceptors (Lipinski definition) is 3. The summed E-state index contributed by atoms with van der Waals surface area (Å²) in [6.45, 7) is 2.68. The van der Waals surface area contributed by atoms with Crippen LogP contribution in [0.1, 0.15) is 26.2 Å². The SMILES string of the molecule is C#CCNC(C(=O)OCC)C1CCC1. The average Bonchev–Trinajstić information content (AvgIpc) is 2.09. The van der Waals surface area contributed by atoms with Crippen molar-refractivity contribution in [3.8, 4) is 12.3 Å². The summed E-state index contributed by atoms with van der Waals surface area (Å²) in [6, 6.07) is -0.195. The minimum Gasteiger partial charge on any atom is -0.465 e. The van der Waals surface area contributed by atoms with E-state index in [1.807, 2.05) is 6.92 Å². The molecule has 1 saturated carbocycles. The van der Waals surface area contributed by atoms with Crippen LogP contribution in [0.4, 0.5) is 0 Å². The molecule has 0 aliphatic heterocycles. The third-order valence-corrected chi connectivity index (χ3v) is 2.59. The van der Waals surface area contributed by atoms with E-state index in [2.05, 4.69) is 11.2 Å². The maximum absolute atomic E-state index is 11.5. The fourth-order valence-corrected chi connectivity index (χ4v) is 1.62. The van der Waals surface area contributed by atoms with Crippen molar-refractivity contribution >= 4 is 5.97 Å². The van der Waals surface area contributed by atoms with Gasteiger partial charge in [0.05, 0.1) is 13.2 Å². The van der Waals surface area contributed by atoms with E-state index in [9.17, 15) is 4.79 Å². The van der Waals surface area contributed by atoms with Crippen LogP contribution in [0.2, 0.25) is 0 Å². The second-order valence-electron chi connectivity index (χ2n) is 3.51. The second-order valence-corrected chi connectivity index (χ2v) is 3.51. The first kappa shape index (κ1) is 11.1. The lowest BCUT2D eigenvalue weighted by Crippen LogP contribution is -2.46. The van der Waals surface area contributed by atoms with E-state index in [1.54, 1.807) is 0 Å². The van der Waals surface area contributed by atoms with Crippen LogP contribution in [0.5, 0.6) is 0 Å². The summed E-state index contributed by atoms with van der Waals surface area (Å²) in [6.07, 6.45) is 8.55. The molecule has 0 aromatic heterocycles. The van der Waals surface area contributed by atoms with Gasteiger partial charge in [-0.1, -0.05) is 12.3 Å². The molecule has 3 heteroatoms. The molecule has 3 nitrogen and oxygen atoms in total. The highest BCUT2D eigenvalue weighted by Gasteiger charge is 2.32. The fourth-order valence-electron chi connectivity index (χ4n) is 1.62. The van der Waals surface area contributed by atoms with Gasteiger partial charge in [-0.05, 0) is 25.7 Å². The molecule has 0 spiro atoms. The Morgan fingerprint density at radius 1 is 1.71 bits per heavy atom. The van der Waals surface area contributed by atoms with Crippen molar-refractivity contribution < 1.29 is 9.53 Å². The van der Waals surface area contributed by atoms with E-state index in [-0.39, 0.29) is 12.0 Å². The molecule has 14 heavy (non-hydrogen) atoms. The smallest absolute Gasteiger partial charge is 0.323 e. The van der Waals surface area contributed by atoms with Gasteiger partial charge in [-0.15, -0.1) is 6.42 Å².